The molecule has 0 aliphatic carbocycles. The SMILES string of the molecule is COc1cc(/C=N\NC(=O)CNc2ccc(Cl)cc2)cc(I)c1OCc1ccccc1. The Kier molecular flexibility index (Phi) is 8.54. The second kappa shape index (κ2) is 11.6. The minimum atomic E-state index is -0.268. The highest BCUT2D eigenvalue weighted by atomic mass is 127. The van der Waals surface area contributed by atoms with Gasteiger partial charge in [-0.25, -0.2) is 5.43 Å². The average molecular weight is 550 g/mol. The molecular formula is C23H21ClIN3O3. The van der Waals surface area contributed by atoms with Crippen molar-refractivity contribution in [2.24, 2.45) is 5.10 Å². The number of nitrogens with one attached hydrogen (secondary N) is 2. The van der Waals surface area contributed by atoms with E-state index < -0.39 is 0 Å². The summed E-state index contributed by atoms with van der Waals surface area (Å²) in [4.78, 5) is 12.0. The van der Waals surface area contributed by atoms with Gasteiger partial charge in [0, 0.05) is 10.7 Å². The van der Waals surface area contributed by atoms with Gasteiger partial charge in [0.05, 0.1) is 23.4 Å². The van der Waals surface area contributed by atoms with Gasteiger partial charge in [0.2, 0.25) is 0 Å². The van der Waals surface area contributed by atoms with Crippen molar-refractivity contribution in [1.29, 1.82) is 0 Å². The Morgan fingerprint density at radius 1 is 1.13 bits per heavy atom. The van der Waals surface area contributed by atoms with Crippen molar-refractivity contribution in [2.75, 3.05) is 19.0 Å². The predicted octanol–water partition coefficient (Wildman–Crippen LogP) is 5.09. The molecule has 1 amide bonds. The molecule has 0 heterocycles. The third-order valence-corrected chi connectivity index (χ3v) is 5.23. The minimum Gasteiger partial charge on any atom is -0.493 e. The lowest BCUT2D eigenvalue weighted by Gasteiger charge is -2.13. The zero-order valence-electron chi connectivity index (χ0n) is 16.8. The Hall–Kier alpha value is -2.78. The number of carbonyl (C=O) groups excluding carboxylic acids is 1. The van der Waals surface area contributed by atoms with Gasteiger partial charge in [0.15, 0.2) is 11.5 Å². The van der Waals surface area contributed by atoms with E-state index in [1.165, 1.54) is 0 Å². The summed E-state index contributed by atoms with van der Waals surface area (Å²) in [5.74, 6) is 0.996. The summed E-state index contributed by atoms with van der Waals surface area (Å²) in [5.41, 5.74) is 5.15. The van der Waals surface area contributed by atoms with Crippen molar-refractivity contribution in [3.8, 4) is 11.5 Å². The number of benzene rings is 3. The molecule has 0 unspecified atom stereocenters. The van der Waals surface area contributed by atoms with Crippen LogP contribution >= 0.6 is 34.2 Å². The molecule has 0 aliphatic rings. The van der Waals surface area contributed by atoms with Crippen molar-refractivity contribution < 1.29 is 14.3 Å². The fourth-order valence-electron chi connectivity index (χ4n) is 2.65. The summed E-state index contributed by atoms with van der Waals surface area (Å²) >= 11 is 8.04. The Balaban J connectivity index is 1.56. The molecule has 0 radical (unpaired) electrons. The van der Waals surface area contributed by atoms with Crippen LogP contribution in [0.15, 0.2) is 71.8 Å². The highest BCUT2D eigenvalue weighted by molar-refractivity contribution is 14.1. The van der Waals surface area contributed by atoms with E-state index in [4.69, 9.17) is 21.1 Å². The molecule has 31 heavy (non-hydrogen) atoms. The Labute approximate surface area is 199 Å². The van der Waals surface area contributed by atoms with E-state index in [9.17, 15) is 4.79 Å². The predicted molar refractivity (Wildman–Crippen MR) is 132 cm³/mol. The summed E-state index contributed by atoms with van der Waals surface area (Å²) in [7, 11) is 1.59. The van der Waals surface area contributed by atoms with Crippen LogP contribution in [0.2, 0.25) is 5.02 Å². The van der Waals surface area contributed by atoms with Gasteiger partial charge in [-0.1, -0.05) is 41.9 Å². The zero-order chi connectivity index (χ0) is 22.1. The number of hydrogen-bond acceptors (Lipinski definition) is 5. The van der Waals surface area contributed by atoms with E-state index in [2.05, 4.69) is 38.4 Å². The number of hydrazone groups is 1. The number of halogens is 2. The van der Waals surface area contributed by atoms with Crippen molar-refractivity contribution >= 4 is 52.0 Å². The summed E-state index contributed by atoms with van der Waals surface area (Å²) < 4.78 is 12.3. The third-order valence-electron chi connectivity index (χ3n) is 4.18. The van der Waals surface area contributed by atoms with Crippen LogP contribution in [0.3, 0.4) is 0 Å². The smallest absolute Gasteiger partial charge is 0.259 e. The van der Waals surface area contributed by atoms with E-state index in [-0.39, 0.29) is 12.5 Å². The molecule has 3 rings (SSSR count). The number of methoxy groups -OCH3 is 1. The lowest BCUT2D eigenvalue weighted by atomic mass is 10.2. The Bertz CT molecular complexity index is 1040. The van der Waals surface area contributed by atoms with Gasteiger partial charge in [0.25, 0.3) is 5.91 Å². The molecule has 8 heteroatoms. The van der Waals surface area contributed by atoms with Crippen LogP contribution in [0, 0.1) is 3.57 Å². The first-order chi connectivity index (χ1) is 15.0. The molecule has 0 spiro atoms. The first-order valence-electron chi connectivity index (χ1n) is 9.41. The summed E-state index contributed by atoms with van der Waals surface area (Å²) in [6.07, 6.45) is 1.56. The van der Waals surface area contributed by atoms with Gasteiger partial charge < -0.3 is 14.8 Å². The monoisotopic (exact) mass is 549 g/mol. The quantitative estimate of drug-likeness (QED) is 0.222. The Morgan fingerprint density at radius 2 is 1.87 bits per heavy atom. The molecule has 6 nitrogen and oxygen atoms in total. The van der Waals surface area contributed by atoms with Crippen LogP contribution in [0.4, 0.5) is 5.69 Å². The molecule has 0 aliphatic heterocycles. The molecule has 3 aromatic carbocycles. The summed E-state index contributed by atoms with van der Waals surface area (Å²) in [6, 6.07) is 20.7. The van der Waals surface area contributed by atoms with E-state index >= 15 is 0 Å². The molecule has 160 valence electrons. The number of nitrogens with zero attached hydrogens (tertiary/aromatic N) is 1. The van der Waals surface area contributed by atoms with E-state index in [0.29, 0.717) is 23.1 Å². The topological polar surface area (TPSA) is 72.0 Å². The van der Waals surface area contributed by atoms with Crippen LogP contribution in [0.5, 0.6) is 11.5 Å². The minimum absolute atomic E-state index is 0.0894. The summed E-state index contributed by atoms with van der Waals surface area (Å²) in [5, 5.41) is 7.66. The van der Waals surface area contributed by atoms with Gasteiger partial charge in [0.1, 0.15) is 6.61 Å². The van der Waals surface area contributed by atoms with Crippen LogP contribution in [-0.2, 0) is 11.4 Å². The molecule has 3 aromatic rings. The number of hydrogen-bond donors (Lipinski definition) is 2. The zero-order valence-corrected chi connectivity index (χ0v) is 19.7. The summed E-state index contributed by atoms with van der Waals surface area (Å²) in [6.45, 7) is 0.531. The van der Waals surface area contributed by atoms with Crippen LogP contribution in [-0.4, -0.2) is 25.8 Å². The van der Waals surface area contributed by atoms with Gasteiger partial charge in [-0.2, -0.15) is 5.10 Å². The van der Waals surface area contributed by atoms with Gasteiger partial charge in [-0.3, -0.25) is 4.79 Å². The van der Waals surface area contributed by atoms with Crippen molar-refractivity contribution in [1.82, 2.24) is 5.43 Å². The molecule has 0 saturated heterocycles. The number of amides is 1. The number of rotatable bonds is 9. The second-order valence-electron chi connectivity index (χ2n) is 6.46. The van der Waals surface area contributed by atoms with E-state index in [0.717, 1.165) is 20.4 Å². The molecule has 2 N–H and O–H groups in total. The van der Waals surface area contributed by atoms with Gasteiger partial charge >= 0.3 is 0 Å². The Morgan fingerprint density at radius 3 is 2.58 bits per heavy atom. The maximum Gasteiger partial charge on any atom is 0.259 e. The van der Waals surface area contributed by atoms with E-state index in [1.54, 1.807) is 37.6 Å². The van der Waals surface area contributed by atoms with E-state index in [1.807, 2.05) is 42.5 Å². The maximum absolute atomic E-state index is 12.0. The molecular weight excluding hydrogens is 529 g/mol. The highest BCUT2D eigenvalue weighted by Gasteiger charge is 2.11. The lowest BCUT2D eigenvalue weighted by molar-refractivity contribution is -0.119. The normalized spacial score (nSPS) is 10.7. The first kappa shape index (κ1) is 22.9. The largest absolute Gasteiger partial charge is 0.493 e. The lowest BCUT2D eigenvalue weighted by Crippen LogP contribution is -2.25. The van der Waals surface area contributed by atoms with Gasteiger partial charge in [-0.05, 0) is 70.1 Å². The van der Waals surface area contributed by atoms with Crippen molar-refractivity contribution in [3.63, 3.8) is 0 Å². The maximum atomic E-state index is 12.0. The van der Waals surface area contributed by atoms with Gasteiger partial charge in [-0.15, -0.1) is 0 Å². The molecule has 0 bridgehead atoms. The van der Waals surface area contributed by atoms with Crippen LogP contribution < -0.4 is 20.2 Å². The standard InChI is InChI=1S/C23H21ClIN3O3/c1-30-21-12-17(11-20(25)23(21)31-15-16-5-3-2-4-6-16)13-27-28-22(29)14-26-19-9-7-18(24)8-10-19/h2-13,26H,14-15H2,1H3,(H,28,29)/b27-13-. The molecule has 0 atom stereocenters. The molecule has 0 fully saturated rings. The fraction of sp³-hybridized carbons (Fsp3) is 0.130. The van der Waals surface area contributed by atoms with Crippen LogP contribution in [0.1, 0.15) is 11.1 Å². The second-order valence-corrected chi connectivity index (χ2v) is 8.06. The number of carbonyl (C=O) groups is 1. The third kappa shape index (κ3) is 7.15. The number of ether oxygens (including phenoxy) is 2. The molecule has 0 saturated carbocycles. The average Bonchev–Trinajstić information content (AvgIpc) is 2.78. The van der Waals surface area contributed by atoms with Crippen LogP contribution in [0.25, 0.3) is 0 Å². The molecule has 0 aromatic heterocycles. The highest BCUT2D eigenvalue weighted by Crippen LogP contribution is 2.34. The number of anilines is 1. The van der Waals surface area contributed by atoms with Crippen molar-refractivity contribution in [2.45, 2.75) is 6.61 Å². The van der Waals surface area contributed by atoms with Crippen molar-refractivity contribution in [3.05, 3.63) is 86.4 Å². The first-order valence-corrected chi connectivity index (χ1v) is 10.9. The fourth-order valence-corrected chi connectivity index (χ4v) is 3.56.